The molecule has 0 saturated carbocycles. The van der Waals surface area contributed by atoms with E-state index < -0.39 is 0 Å². The summed E-state index contributed by atoms with van der Waals surface area (Å²) in [6, 6.07) is 8.57. The molecule has 1 atom stereocenters. The van der Waals surface area contributed by atoms with Gasteiger partial charge in [0.15, 0.2) is 0 Å². The maximum absolute atomic E-state index is 12.8. The second kappa shape index (κ2) is 5.69. The summed E-state index contributed by atoms with van der Waals surface area (Å²) in [5, 5.41) is 3.22. The van der Waals surface area contributed by atoms with E-state index in [-0.39, 0.29) is 11.9 Å². The fourth-order valence-electron chi connectivity index (χ4n) is 1.88. The molecule has 2 aromatic rings. The zero-order valence-electron chi connectivity index (χ0n) is 10.5. The van der Waals surface area contributed by atoms with Crippen LogP contribution in [0.3, 0.4) is 0 Å². The lowest BCUT2D eigenvalue weighted by molar-refractivity contribution is 0.570. The highest BCUT2D eigenvalue weighted by Gasteiger charge is 2.11. The van der Waals surface area contributed by atoms with Crippen LogP contribution in [-0.2, 0) is 6.42 Å². The van der Waals surface area contributed by atoms with Gasteiger partial charge in [-0.25, -0.2) is 14.4 Å². The maximum atomic E-state index is 12.8. The summed E-state index contributed by atoms with van der Waals surface area (Å²) in [6.07, 6.45) is 2.53. The van der Waals surface area contributed by atoms with Crippen LogP contribution in [0.25, 0.3) is 0 Å². The number of nitrogens with one attached hydrogen (secondary N) is 1. The van der Waals surface area contributed by atoms with Gasteiger partial charge in [-0.15, -0.1) is 0 Å². The van der Waals surface area contributed by atoms with Crippen molar-refractivity contribution < 1.29 is 4.39 Å². The molecule has 0 amide bonds. The number of benzene rings is 1. The lowest BCUT2D eigenvalue weighted by atomic mass is 10.0. The van der Waals surface area contributed by atoms with Gasteiger partial charge in [0.1, 0.15) is 11.6 Å². The van der Waals surface area contributed by atoms with Gasteiger partial charge >= 0.3 is 0 Å². The Labute approximate surface area is 106 Å². The van der Waals surface area contributed by atoms with Gasteiger partial charge in [-0.2, -0.15) is 0 Å². The Morgan fingerprint density at radius 1 is 1.22 bits per heavy atom. The first kappa shape index (κ1) is 12.6. The summed E-state index contributed by atoms with van der Waals surface area (Å²) in [5.74, 6) is 0.546. The van der Waals surface area contributed by atoms with Crippen molar-refractivity contribution in [1.29, 1.82) is 0 Å². The molecule has 1 unspecified atom stereocenters. The van der Waals surface area contributed by atoms with Gasteiger partial charge in [0.2, 0.25) is 0 Å². The normalized spacial score (nSPS) is 12.4. The summed E-state index contributed by atoms with van der Waals surface area (Å²) >= 11 is 0. The molecule has 1 N–H and O–H groups in total. The molecule has 0 fully saturated rings. The van der Waals surface area contributed by atoms with Crippen LogP contribution in [0, 0.1) is 12.7 Å². The third kappa shape index (κ3) is 3.11. The molecule has 18 heavy (non-hydrogen) atoms. The first-order valence-electron chi connectivity index (χ1n) is 5.90. The van der Waals surface area contributed by atoms with Crippen molar-refractivity contribution in [2.75, 3.05) is 7.05 Å². The molecule has 0 spiro atoms. The Morgan fingerprint density at radius 2 is 1.94 bits per heavy atom. The van der Waals surface area contributed by atoms with Crippen molar-refractivity contribution >= 4 is 0 Å². The number of hydrogen-bond donors (Lipinski definition) is 1. The average Bonchev–Trinajstić information content (AvgIpc) is 2.38. The molecule has 1 heterocycles. The predicted octanol–water partition coefficient (Wildman–Crippen LogP) is 2.43. The van der Waals surface area contributed by atoms with E-state index in [1.54, 1.807) is 18.3 Å². The molecule has 3 nitrogen and oxygen atoms in total. The SMILES string of the molecule is CNC(Cc1ccc(F)cc1)c1ccnc(C)n1. The Kier molecular flexibility index (Phi) is 3.99. The molecule has 1 aromatic carbocycles. The van der Waals surface area contributed by atoms with Crippen molar-refractivity contribution in [2.45, 2.75) is 19.4 Å². The topological polar surface area (TPSA) is 37.8 Å². The molecule has 0 aliphatic carbocycles. The smallest absolute Gasteiger partial charge is 0.125 e. The highest BCUT2D eigenvalue weighted by molar-refractivity contribution is 5.20. The van der Waals surface area contributed by atoms with Gasteiger partial charge < -0.3 is 5.32 Å². The van der Waals surface area contributed by atoms with Crippen LogP contribution < -0.4 is 5.32 Å². The third-order valence-electron chi connectivity index (χ3n) is 2.86. The molecule has 0 radical (unpaired) electrons. The van der Waals surface area contributed by atoms with Crippen LogP contribution in [-0.4, -0.2) is 17.0 Å². The minimum Gasteiger partial charge on any atom is -0.311 e. The fourth-order valence-corrected chi connectivity index (χ4v) is 1.88. The highest BCUT2D eigenvalue weighted by Crippen LogP contribution is 2.16. The zero-order chi connectivity index (χ0) is 13.0. The summed E-state index contributed by atoms with van der Waals surface area (Å²) in [6.45, 7) is 1.87. The lowest BCUT2D eigenvalue weighted by Gasteiger charge is -2.15. The molecule has 0 saturated heterocycles. The fraction of sp³-hybridized carbons (Fsp3) is 0.286. The van der Waals surface area contributed by atoms with Gasteiger partial charge in [0, 0.05) is 6.20 Å². The number of halogens is 1. The largest absolute Gasteiger partial charge is 0.311 e. The quantitative estimate of drug-likeness (QED) is 0.899. The monoisotopic (exact) mass is 245 g/mol. The van der Waals surface area contributed by atoms with Gasteiger partial charge in [-0.1, -0.05) is 12.1 Å². The van der Waals surface area contributed by atoms with Gasteiger partial charge in [0.05, 0.1) is 11.7 Å². The van der Waals surface area contributed by atoms with Gasteiger partial charge in [-0.05, 0) is 44.2 Å². The Balaban J connectivity index is 2.17. The van der Waals surface area contributed by atoms with Crippen LogP contribution in [0.4, 0.5) is 4.39 Å². The molecule has 0 aliphatic rings. The highest BCUT2D eigenvalue weighted by atomic mass is 19.1. The van der Waals surface area contributed by atoms with Crippen LogP contribution in [0.1, 0.15) is 23.1 Å². The molecule has 0 aliphatic heterocycles. The van der Waals surface area contributed by atoms with Crippen LogP contribution >= 0.6 is 0 Å². The minimum absolute atomic E-state index is 0.108. The van der Waals surface area contributed by atoms with E-state index in [2.05, 4.69) is 15.3 Å². The number of hydrogen-bond acceptors (Lipinski definition) is 3. The summed E-state index contributed by atoms with van der Waals surface area (Å²) < 4.78 is 12.8. The third-order valence-corrected chi connectivity index (χ3v) is 2.86. The van der Waals surface area contributed by atoms with E-state index in [0.29, 0.717) is 0 Å². The Bertz CT molecular complexity index is 511. The summed E-state index contributed by atoms with van der Waals surface area (Å²) in [4.78, 5) is 8.50. The van der Waals surface area contributed by atoms with Crippen molar-refractivity contribution in [1.82, 2.24) is 15.3 Å². The van der Waals surface area contributed by atoms with Crippen LogP contribution in [0.5, 0.6) is 0 Å². The van der Waals surface area contributed by atoms with Crippen LogP contribution in [0.15, 0.2) is 36.5 Å². The lowest BCUT2D eigenvalue weighted by Crippen LogP contribution is -2.20. The van der Waals surface area contributed by atoms with E-state index in [1.165, 1.54) is 12.1 Å². The Hall–Kier alpha value is -1.81. The zero-order valence-corrected chi connectivity index (χ0v) is 10.5. The summed E-state index contributed by atoms with van der Waals surface area (Å²) in [5.41, 5.74) is 2.03. The van der Waals surface area contributed by atoms with Crippen LogP contribution in [0.2, 0.25) is 0 Å². The van der Waals surface area contributed by atoms with E-state index in [0.717, 1.165) is 23.5 Å². The summed E-state index contributed by atoms with van der Waals surface area (Å²) in [7, 11) is 1.89. The number of nitrogens with zero attached hydrogens (tertiary/aromatic N) is 2. The average molecular weight is 245 g/mol. The molecule has 0 bridgehead atoms. The Morgan fingerprint density at radius 3 is 2.56 bits per heavy atom. The van der Waals surface area contributed by atoms with Crippen molar-refractivity contribution in [2.24, 2.45) is 0 Å². The predicted molar refractivity (Wildman–Crippen MR) is 68.7 cm³/mol. The molecule has 1 aromatic heterocycles. The number of aryl methyl sites for hydroxylation is 1. The van der Waals surface area contributed by atoms with Gasteiger partial charge in [0.25, 0.3) is 0 Å². The second-order valence-corrected chi connectivity index (χ2v) is 4.20. The minimum atomic E-state index is -0.211. The molecule has 94 valence electrons. The molecular formula is C14H16FN3. The van der Waals surface area contributed by atoms with E-state index >= 15 is 0 Å². The number of rotatable bonds is 4. The number of likely N-dealkylation sites (N-methyl/N-ethyl adjacent to an activating group) is 1. The maximum Gasteiger partial charge on any atom is 0.125 e. The van der Waals surface area contributed by atoms with E-state index in [1.807, 2.05) is 20.0 Å². The number of aromatic nitrogens is 2. The second-order valence-electron chi connectivity index (χ2n) is 4.20. The van der Waals surface area contributed by atoms with Crippen molar-refractivity contribution in [3.8, 4) is 0 Å². The first-order chi connectivity index (χ1) is 8.69. The molecule has 2 rings (SSSR count). The van der Waals surface area contributed by atoms with E-state index in [9.17, 15) is 4.39 Å². The van der Waals surface area contributed by atoms with Crippen molar-refractivity contribution in [3.05, 3.63) is 59.4 Å². The van der Waals surface area contributed by atoms with Crippen molar-refractivity contribution in [3.63, 3.8) is 0 Å². The first-order valence-corrected chi connectivity index (χ1v) is 5.90. The molecule has 4 heteroatoms. The standard InChI is InChI=1S/C14H16FN3/c1-10-17-8-7-13(18-10)14(16-2)9-11-3-5-12(15)6-4-11/h3-8,14,16H,9H2,1-2H3. The molecular weight excluding hydrogens is 229 g/mol. The van der Waals surface area contributed by atoms with Gasteiger partial charge in [-0.3, -0.25) is 0 Å². The van der Waals surface area contributed by atoms with E-state index in [4.69, 9.17) is 0 Å².